The summed E-state index contributed by atoms with van der Waals surface area (Å²) >= 11 is 1.27. The molecule has 0 aliphatic rings. The van der Waals surface area contributed by atoms with E-state index in [1.165, 1.54) is 11.3 Å². The summed E-state index contributed by atoms with van der Waals surface area (Å²) in [6, 6.07) is 5.64. The van der Waals surface area contributed by atoms with Crippen LogP contribution in [0.5, 0.6) is 0 Å². The van der Waals surface area contributed by atoms with Crippen molar-refractivity contribution in [2.45, 2.75) is 137 Å². The lowest BCUT2D eigenvalue weighted by Gasteiger charge is -2.38. The molecule has 6 atom stereocenters. The smallest absolute Gasteiger partial charge is 0.308 e. The number of amides is 3. The number of ether oxygens (including phenoxy) is 3. The fourth-order valence-corrected chi connectivity index (χ4v) is 7.63. The molecule has 332 valence electrons. The van der Waals surface area contributed by atoms with Crippen molar-refractivity contribution in [1.29, 1.82) is 0 Å². The number of unbranched alkanes of at least 4 members (excludes halogenated alkanes) is 2. The number of rotatable bonds is 28. The zero-order valence-electron chi connectivity index (χ0n) is 37.1. The number of esters is 2. The van der Waals surface area contributed by atoms with Crippen LogP contribution < -0.4 is 21.7 Å². The van der Waals surface area contributed by atoms with Crippen LogP contribution in [-0.4, -0.2) is 91.7 Å². The minimum atomic E-state index is -0.834. The average molecular weight is 845 g/mol. The van der Waals surface area contributed by atoms with Gasteiger partial charge in [-0.1, -0.05) is 73.4 Å². The number of hydrogen-bond donors (Lipinski definition) is 4. The molecule has 2 aromatic rings. The van der Waals surface area contributed by atoms with Crippen molar-refractivity contribution < 1.29 is 38.2 Å². The van der Waals surface area contributed by atoms with Crippen molar-refractivity contribution in [1.82, 2.24) is 25.8 Å². The largest absolute Gasteiger partial charge is 0.466 e. The van der Waals surface area contributed by atoms with E-state index < -0.39 is 42.0 Å². The van der Waals surface area contributed by atoms with Gasteiger partial charge in [0.1, 0.15) is 22.8 Å². The van der Waals surface area contributed by atoms with Crippen LogP contribution in [0.1, 0.15) is 134 Å². The molecule has 2 rings (SSSR count). The van der Waals surface area contributed by atoms with Crippen LogP contribution in [0.15, 0.2) is 29.6 Å². The molecule has 3 amide bonds. The SMILES string of the molecule is CCOC(=O)C(C)C[C@H](Cc1ccc(N)cc1)NC(=O)c1csc([C@@H](C[C@H](C(C)C)N(COC(=O)CC(C)C)C(=O)[C@@H](NC(=O)CCCCCNC)[C@@H](C)CC)OC)n1. The van der Waals surface area contributed by atoms with Crippen LogP contribution in [-0.2, 0) is 39.8 Å². The molecule has 0 saturated carbocycles. The molecule has 0 bridgehead atoms. The Labute approximate surface area is 356 Å². The zero-order chi connectivity index (χ0) is 44.1. The van der Waals surface area contributed by atoms with Gasteiger partial charge < -0.3 is 40.8 Å². The number of nitrogens with two attached hydrogens (primary N) is 1. The van der Waals surface area contributed by atoms with Gasteiger partial charge in [-0.15, -0.1) is 11.3 Å². The lowest BCUT2D eigenvalue weighted by molar-refractivity contribution is -0.160. The molecule has 59 heavy (non-hydrogen) atoms. The summed E-state index contributed by atoms with van der Waals surface area (Å²) < 4.78 is 17.0. The number of nitrogens with zero attached hydrogens (tertiary/aromatic N) is 2. The van der Waals surface area contributed by atoms with E-state index in [1.54, 1.807) is 43.4 Å². The van der Waals surface area contributed by atoms with Gasteiger partial charge in [0.25, 0.3) is 5.91 Å². The molecule has 1 heterocycles. The van der Waals surface area contributed by atoms with E-state index in [0.29, 0.717) is 42.8 Å². The summed E-state index contributed by atoms with van der Waals surface area (Å²) in [6.07, 6.45) is 4.15. The minimum Gasteiger partial charge on any atom is -0.466 e. The minimum absolute atomic E-state index is 0.0657. The number of nitrogens with one attached hydrogen (secondary N) is 3. The van der Waals surface area contributed by atoms with Gasteiger partial charge in [-0.3, -0.25) is 24.0 Å². The molecule has 14 nitrogen and oxygen atoms in total. The number of benzene rings is 1. The number of thiazole rings is 1. The summed E-state index contributed by atoms with van der Waals surface area (Å²) in [6.45, 7) is 16.1. The lowest BCUT2D eigenvalue weighted by atomic mass is 9.92. The maximum absolute atomic E-state index is 14.6. The molecule has 0 saturated heterocycles. The third kappa shape index (κ3) is 18.0. The average Bonchev–Trinajstić information content (AvgIpc) is 3.68. The number of methoxy groups -OCH3 is 1. The third-order valence-corrected chi connectivity index (χ3v) is 11.3. The van der Waals surface area contributed by atoms with E-state index in [2.05, 4.69) is 16.0 Å². The summed E-state index contributed by atoms with van der Waals surface area (Å²) in [7, 11) is 3.45. The Bertz CT molecular complexity index is 1580. The first-order chi connectivity index (χ1) is 28.0. The summed E-state index contributed by atoms with van der Waals surface area (Å²) in [5.74, 6) is -2.40. The molecule has 1 unspecified atom stereocenters. The third-order valence-electron chi connectivity index (χ3n) is 10.4. The Morgan fingerprint density at radius 3 is 2.20 bits per heavy atom. The number of aromatic nitrogens is 1. The van der Waals surface area contributed by atoms with E-state index in [1.807, 2.05) is 60.7 Å². The van der Waals surface area contributed by atoms with Gasteiger partial charge in [0.2, 0.25) is 11.8 Å². The molecule has 1 aromatic carbocycles. The van der Waals surface area contributed by atoms with Crippen molar-refractivity contribution >= 4 is 46.7 Å². The number of hydrogen-bond acceptors (Lipinski definition) is 12. The molecule has 0 aliphatic heterocycles. The number of carbonyl (C=O) groups excluding carboxylic acids is 5. The van der Waals surface area contributed by atoms with Crippen LogP contribution in [0.3, 0.4) is 0 Å². The summed E-state index contributed by atoms with van der Waals surface area (Å²) in [5.41, 5.74) is 7.66. The van der Waals surface area contributed by atoms with E-state index in [9.17, 15) is 24.0 Å². The maximum atomic E-state index is 14.6. The molecule has 1 aromatic heterocycles. The lowest BCUT2D eigenvalue weighted by Crippen LogP contribution is -2.56. The van der Waals surface area contributed by atoms with Crippen LogP contribution in [0.25, 0.3) is 0 Å². The molecule has 0 radical (unpaired) electrons. The molecule has 15 heteroatoms. The van der Waals surface area contributed by atoms with Gasteiger partial charge in [0.15, 0.2) is 6.73 Å². The predicted octanol–water partition coefficient (Wildman–Crippen LogP) is 6.44. The van der Waals surface area contributed by atoms with Crippen LogP contribution in [0.2, 0.25) is 0 Å². The Hall–Kier alpha value is -4.08. The molecule has 0 fully saturated rings. The second kappa shape index (κ2) is 26.9. The normalized spacial score (nSPS) is 14.5. The van der Waals surface area contributed by atoms with Gasteiger partial charge in [-0.25, -0.2) is 4.98 Å². The maximum Gasteiger partial charge on any atom is 0.308 e. The van der Waals surface area contributed by atoms with Crippen molar-refractivity contribution in [3.8, 4) is 0 Å². The zero-order valence-corrected chi connectivity index (χ0v) is 38.0. The number of nitrogen functional groups attached to an aromatic ring is 1. The monoisotopic (exact) mass is 845 g/mol. The molecule has 0 aliphatic carbocycles. The summed E-state index contributed by atoms with van der Waals surface area (Å²) in [4.78, 5) is 73.3. The van der Waals surface area contributed by atoms with Crippen LogP contribution in [0, 0.1) is 23.7 Å². The molecule has 5 N–H and O–H groups in total. The van der Waals surface area contributed by atoms with Crippen molar-refractivity contribution in [3.05, 3.63) is 45.9 Å². The standard InChI is InChI=1S/C44H72N6O8S/c1-11-30(7)40(49-38(51)16-14-13-15-21-46-9)43(54)50(27-58-39(52)22-28(3)4)36(29(5)6)25-37(56-10)42-48-35(26-59-42)41(53)47-34(23-31(8)44(55)57-12-2)24-32-17-19-33(45)20-18-32/h17-20,26,28-31,34,36-37,40,46H,11-16,21-25,27,45H2,1-10H3,(H,47,53)(H,49,51)/t30-,31?,34+,36+,37+,40-/m0/s1. The van der Waals surface area contributed by atoms with E-state index in [4.69, 9.17) is 24.9 Å². The fraction of sp³-hybridized carbons (Fsp3) is 0.682. The quantitative estimate of drug-likeness (QED) is 0.0319. The first kappa shape index (κ1) is 51.1. The predicted molar refractivity (Wildman–Crippen MR) is 232 cm³/mol. The van der Waals surface area contributed by atoms with Crippen LogP contribution in [0.4, 0.5) is 5.69 Å². The van der Waals surface area contributed by atoms with Gasteiger partial charge in [-0.2, -0.15) is 0 Å². The first-order valence-electron chi connectivity index (χ1n) is 21.2. The Morgan fingerprint density at radius 1 is 0.915 bits per heavy atom. The topological polar surface area (TPSA) is 191 Å². The number of anilines is 1. The van der Waals surface area contributed by atoms with E-state index >= 15 is 0 Å². The van der Waals surface area contributed by atoms with Gasteiger partial charge in [0.05, 0.1) is 12.5 Å². The number of carbonyl (C=O) groups is 5. The van der Waals surface area contributed by atoms with Gasteiger partial charge >= 0.3 is 11.9 Å². The van der Waals surface area contributed by atoms with E-state index in [0.717, 1.165) is 24.9 Å². The molecular formula is C44H72N6O8S. The highest BCUT2D eigenvalue weighted by atomic mass is 32.1. The van der Waals surface area contributed by atoms with Crippen molar-refractivity contribution in [3.63, 3.8) is 0 Å². The highest BCUT2D eigenvalue weighted by molar-refractivity contribution is 7.09. The van der Waals surface area contributed by atoms with Crippen molar-refractivity contribution in [2.75, 3.05) is 39.8 Å². The molecule has 0 spiro atoms. The van der Waals surface area contributed by atoms with Gasteiger partial charge in [0, 0.05) is 49.5 Å². The Balaban J connectivity index is 2.39. The van der Waals surface area contributed by atoms with Crippen LogP contribution >= 0.6 is 11.3 Å². The fourth-order valence-electron chi connectivity index (χ4n) is 6.74. The first-order valence-corrected chi connectivity index (χ1v) is 22.1. The summed E-state index contributed by atoms with van der Waals surface area (Å²) in [5, 5.41) is 11.4. The Morgan fingerprint density at radius 2 is 1.61 bits per heavy atom. The molecular weight excluding hydrogens is 773 g/mol. The Kier molecular flexibility index (Phi) is 23.3. The second-order valence-corrected chi connectivity index (χ2v) is 17.1. The van der Waals surface area contributed by atoms with Gasteiger partial charge in [-0.05, 0) is 81.6 Å². The highest BCUT2D eigenvalue weighted by Crippen LogP contribution is 2.31. The van der Waals surface area contributed by atoms with E-state index in [-0.39, 0.29) is 67.4 Å². The second-order valence-electron chi connectivity index (χ2n) is 16.2. The highest BCUT2D eigenvalue weighted by Gasteiger charge is 2.37. The van der Waals surface area contributed by atoms with Crippen molar-refractivity contribution in [2.24, 2.45) is 23.7 Å².